The molecule has 0 bridgehead atoms. The Hall–Kier alpha value is -1.27. The Morgan fingerprint density at radius 3 is 2.50 bits per heavy atom. The summed E-state index contributed by atoms with van der Waals surface area (Å²) in [5.41, 5.74) is 0.879. The van der Waals surface area contributed by atoms with Gasteiger partial charge in [0.25, 0.3) is 0 Å². The number of ether oxygens (including phenoxy) is 2. The Bertz CT molecular complexity index is 590. The van der Waals surface area contributed by atoms with Crippen molar-refractivity contribution in [2.24, 2.45) is 0 Å². The maximum absolute atomic E-state index is 12.3. The first-order chi connectivity index (χ1) is 9.24. The van der Waals surface area contributed by atoms with Crippen LogP contribution in [0.1, 0.15) is 32.4 Å². The largest absolute Gasteiger partial charge is 0.454 e. The lowest BCUT2D eigenvalue weighted by Gasteiger charge is -2.24. The van der Waals surface area contributed by atoms with Gasteiger partial charge in [-0.3, -0.25) is 0 Å². The van der Waals surface area contributed by atoms with Gasteiger partial charge in [-0.05, 0) is 45.5 Å². The maximum atomic E-state index is 12.3. The third-order valence-electron chi connectivity index (χ3n) is 3.47. The Morgan fingerprint density at radius 1 is 1.25 bits per heavy atom. The molecule has 0 aliphatic carbocycles. The standard InChI is InChI=1S/C14H21NO4S/c1-14(2,3)20(16,17)8-11(15-4)10-5-6-12-13(7-10)19-9-18-12/h5-7,11,15H,8-9H2,1-4H3. The fraction of sp³-hybridized carbons (Fsp3) is 0.571. The molecule has 0 spiro atoms. The van der Waals surface area contributed by atoms with Crippen LogP contribution in [0.5, 0.6) is 11.5 Å². The molecule has 1 unspecified atom stereocenters. The number of nitrogens with one attached hydrogen (secondary N) is 1. The van der Waals surface area contributed by atoms with Crippen LogP contribution in [0.15, 0.2) is 18.2 Å². The summed E-state index contributed by atoms with van der Waals surface area (Å²) < 4.78 is 34.5. The highest BCUT2D eigenvalue weighted by molar-refractivity contribution is 7.92. The van der Waals surface area contributed by atoms with Gasteiger partial charge in [0, 0.05) is 6.04 Å². The summed E-state index contributed by atoms with van der Waals surface area (Å²) in [6.45, 7) is 5.36. The van der Waals surface area contributed by atoms with Gasteiger partial charge in [0.05, 0.1) is 10.5 Å². The van der Waals surface area contributed by atoms with Gasteiger partial charge in [-0.1, -0.05) is 6.07 Å². The fourth-order valence-electron chi connectivity index (χ4n) is 1.95. The van der Waals surface area contributed by atoms with Crippen LogP contribution in [-0.4, -0.2) is 32.8 Å². The summed E-state index contributed by atoms with van der Waals surface area (Å²) in [6.07, 6.45) is 0. The lowest BCUT2D eigenvalue weighted by Crippen LogP contribution is -2.35. The number of sulfone groups is 1. The maximum Gasteiger partial charge on any atom is 0.231 e. The Morgan fingerprint density at radius 2 is 1.90 bits per heavy atom. The average Bonchev–Trinajstić information content (AvgIpc) is 2.81. The van der Waals surface area contributed by atoms with Crippen molar-refractivity contribution in [3.63, 3.8) is 0 Å². The normalized spacial score (nSPS) is 16.2. The zero-order chi connectivity index (χ0) is 15.0. The van der Waals surface area contributed by atoms with Gasteiger partial charge in [0.1, 0.15) is 0 Å². The third-order valence-corrected chi connectivity index (χ3v) is 6.10. The lowest BCUT2D eigenvalue weighted by atomic mass is 10.1. The average molecular weight is 299 g/mol. The van der Waals surface area contributed by atoms with Gasteiger partial charge in [-0.15, -0.1) is 0 Å². The minimum absolute atomic E-state index is 0.0483. The van der Waals surface area contributed by atoms with Crippen molar-refractivity contribution in [1.29, 1.82) is 0 Å². The molecule has 20 heavy (non-hydrogen) atoms. The molecule has 1 aliphatic heterocycles. The van der Waals surface area contributed by atoms with E-state index in [2.05, 4.69) is 5.32 Å². The first-order valence-corrected chi connectivity index (χ1v) is 8.19. The van der Waals surface area contributed by atoms with Gasteiger partial charge in [0.15, 0.2) is 21.3 Å². The minimum Gasteiger partial charge on any atom is -0.454 e. The van der Waals surface area contributed by atoms with Crippen LogP contribution >= 0.6 is 0 Å². The zero-order valence-corrected chi connectivity index (χ0v) is 13.1. The molecule has 112 valence electrons. The molecule has 0 saturated heterocycles. The summed E-state index contributed by atoms with van der Waals surface area (Å²) in [6, 6.07) is 5.24. The predicted octanol–water partition coefficient (Wildman–Crippen LogP) is 1.89. The van der Waals surface area contributed by atoms with E-state index in [-0.39, 0.29) is 18.6 Å². The minimum atomic E-state index is -3.21. The van der Waals surface area contributed by atoms with E-state index >= 15 is 0 Å². The van der Waals surface area contributed by atoms with Crippen molar-refractivity contribution in [1.82, 2.24) is 5.32 Å². The van der Waals surface area contributed by atoms with Crippen LogP contribution in [0.25, 0.3) is 0 Å². The highest BCUT2D eigenvalue weighted by Gasteiger charge is 2.32. The van der Waals surface area contributed by atoms with E-state index in [0.29, 0.717) is 11.5 Å². The van der Waals surface area contributed by atoms with Crippen LogP contribution in [0.4, 0.5) is 0 Å². The van der Waals surface area contributed by atoms with Gasteiger partial charge in [-0.2, -0.15) is 0 Å². The van der Waals surface area contributed by atoms with Crippen LogP contribution in [0.2, 0.25) is 0 Å². The van der Waals surface area contributed by atoms with Crippen LogP contribution < -0.4 is 14.8 Å². The molecule has 1 aliphatic rings. The molecule has 1 N–H and O–H groups in total. The predicted molar refractivity (Wildman–Crippen MR) is 77.9 cm³/mol. The van der Waals surface area contributed by atoms with E-state index in [0.717, 1.165) is 5.56 Å². The van der Waals surface area contributed by atoms with Gasteiger partial charge >= 0.3 is 0 Å². The van der Waals surface area contributed by atoms with Gasteiger partial charge in [0.2, 0.25) is 6.79 Å². The van der Waals surface area contributed by atoms with Gasteiger partial charge < -0.3 is 14.8 Å². The molecule has 0 aromatic heterocycles. The second-order valence-electron chi connectivity index (χ2n) is 5.85. The molecular formula is C14H21NO4S. The topological polar surface area (TPSA) is 64.6 Å². The molecule has 6 heteroatoms. The summed E-state index contributed by atoms with van der Waals surface area (Å²) in [4.78, 5) is 0. The lowest BCUT2D eigenvalue weighted by molar-refractivity contribution is 0.174. The summed E-state index contributed by atoms with van der Waals surface area (Å²) >= 11 is 0. The van der Waals surface area contributed by atoms with E-state index in [1.807, 2.05) is 18.2 Å². The molecule has 0 fully saturated rings. The van der Waals surface area contributed by atoms with Crippen molar-refractivity contribution in [2.75, 3.05) is 19.6 Å². The molecule has 0 amide bonds. The number of hydrogen-bond acceptors (Lipinski definition) is 5. The second kappa shape index (κ2) is 5.26. The van der Waals surface area contributed by atoms with E-state index in [1.54, 1.807) is 27.8 Å². The van der Waals surface area contributed by atoms with E-state index in [1.165, 1.54) is 0 Å². The summed E-state index contributed by atoms with van der Waals surface area (Å²) in [7, 11) is -1.45. The van der Waals surface area contributed by atoms with Crippen molar-refractivity contribution in [2.45, 2.75) is 31.6 Å². The van der Waals surface area contributed by atoms with E-state index in [9.17, 15) is 8.42 Å². The number of hydrogen-bond donors (Lipinski definition) is 1. The second-order valence-corrected chi connectivity index (χ2v) is 8.64. The van der Waals surface area contributed by atoms with Crippen molar-refractivity contribution >= 4 is 9.84 Å². The summed E-state index contributed by atoms with van der Waals surface area (Å²) in [5, 5.41) is 3.06. The van der Waals surface area contributed by atoms with E-state index in [4.69, 9.17) is 9.47 Å². The van der Waals surface area contributed by atoms with Crippen molar-refractivity contribution < 1.29 is 17.9 Å². The monoisotopic (exact) mass is 299 g/mol. The molecular weight excluding hydrogens is 278 g/mol. The summed E-state index contributed by atoms with van der Waals surface area (Å²) in [5.74, 6) is 1.41. The number of fused-ring (bicyclic) bond motifs is 1. The van der Waals surface area contributed by atoms with Gasteiger partial charge in [-0.25, -0.2) is 8.42 Å². The molecule has 5 nitrogen and oxygen atoms in total. The first-order valence-electron chi connectivity index (χ1n) is 6.54. The smallest absolute Gasteiger partial charge is 0.231 e. The molecule has 1 aromatic rings. The third kappa shape index (κ3) is 2.91. The van der Waals surface area contributed by atoms with Crippen molar-refractivity contribution in [3.8, 4) is 11.5 Å². The molecule has 1 atom stereocenters. The van der Waals surface area contributed by atoms with E-state index < -0.39 is 14.6 Å². The number of rotatable bonds is 4. The Balaban J connectivity index is 2.25. The highest BCUT2D eigenvalue weighted by Crippen LogP contribution is 2.34. The SMILES string of the molecule is CNC(CS(=O)(=O)C(C)(C)C)c1ccc2c(c1)OCO2. The number of benzene rings is 1. The molecule has 0 radical (unpaired) electrons. The fourth-order valence-corrected chi connectivity index (χ4v) is 3.24. The Kier molecular flexibility index (Phi) is 3.97. The molecule has 0 saturated carbocycles. The molecule has 2 rings (SSSR count). The van der Waals surface area contributed by atoms with Crippen molar-refractivity contribution in [3.05, 3.63) is 23.8 Å². The molecule has 1 heterocycles. The highest BCUT2D eigenvalue weighted by atomic mass is 32.2. The quantitative estimate of drug-likeness (QED) is 0.920. The van der Waals surface area contributed by atoms with Crippen LogP contribution in [0, 0.1) is 0 Å². The zero-order valence-electron chi connectivity index (χ0n) is 12.3. The molecule has 1 aromatic carbocycles. The van der Waals surface area contributed by atoms with Crippen LogP contribution in [0.3, 0.4) is 0 Å². The Labute approximate surface area is 120 Å². The first kappa shape index (κ1) is 15.1. The van der Waals surface area contributed by atoms with Crippen LogP contribution in [-0.2, 0) is 9.84 Å².